The molecular weight excluding hydrogens is 431 g/mol. The predicted molar refractivity (Wildman–Crippen MR) is 130 cm³/mol. The lowest BCUT2D eigenvalue weighted by Crippen LogP contribution is -2.15. The molecule has 0 bridgehead atoms. The van der Waals surface area contributed by atoms with Gasteiger partial charge in [-0.25, -0.2) is 4.79 Å². The summed E-state index contributed by atoms with van der Waals surface area (Å²) in [5.74, 6) is 0.637. The first kappa shape index (κ1) is 21.1. The van der Waals surface area contributed by atoms with Gasteiger partial charge in [-0.3, -0.25) is 9.55 Å². The average molecular weight is 453 g/mol. The predicted octanol–water partition coefficient (Wildman–Crippen LogP) is 5.82. The van der Waals surface area contributed by atoms with E-state index < -0.39 is 0 Å². The summed E-state index contributed by atoms with van der Waals surface area (Å²) < 4.78 is 1.61. The molecule has 0 aliphatic heterocycles. The molecular formula is C24H22Cl2N4O. The maximum absolute atomic E-state index is 13.0. The third kappa shape index (κ3) is 4.48. The number of hydrogen-bond donors (Lipinski definition) is 2. The Morgan fingerprint density at radius 2 is 1.65 bits per heavy atom. The van der Waals surface area contributed by atoms with Crippen LogP contribution in [0.5, 0.6) is 0 Å². The van der Waals surface area contributed by atoms with E-state index in [1.165, 1.54) is 0 Å². The zero-order valence-electron chi connectivity index (χ0n) is 17.2. The molecule has 1 heterocycles. The van der Waals surface area contributed by atoms with E-state index in [0.717, 1.165) is 22.5 Å². The Bertz CT molecular complexity index is 1250. The molecule has 0 aliphatic carbocycles. The van der Waals surface area contributed by atoms with E-state index in [9.17, 15) is 4.79 Å². The van der Waals surface area contributed by atoms with Crippen LogP contribution >= 0.6 is 23.2 Å². The summed E-state index contributed by atoms with van der Waals surface area (Å²) in [4.78, 5) is 18.0. The van der Waals surface area contributed by atoms with Crippen LogP contribution in [0.25, 0.3) is 16.9 Å². The van der Waals surface area contributed by atoms with E-state index in [2.05, 4.69) is 10.3 Å². The van der Waals surface area contributed by atoms with Crippen molar-refractivity contribution in [2.45, 2.75) is 6.54 Å². The van der Waals surface area contributed by atoms with Gasteiger partial charge in [0, 0.05) is 31.9 Å². The Balaban J connectivity index is 1.83. The van der Waals surface area contributed by atoms with Crippen LogP contribution in [0.2, 0.25) is 10.0 Å². The van der Waals surface area contributed by atoms with Gasteiger partial charge >= 0.3 is 5.69 Å². The Morgan fingerprint density at radius 1 is 0.935 bits per heavy atom. The second-order valence-electron chi connectivity index (χ2n) is 7.37. The number of H-pyrrole nitrogens is 1. The number of nitrogens with one attached hydrogen (secondary N) is 2. The molecule has 0 unspecified atom stereocenters. The summed E-state index contributed by atoms with van der Waals surface area (Å²) in [6, 6.07) is 23.2. The highest BCUT2D eigenvalue weighted by molar-refractivity contribution is 6.42. The lowest BCUT2D eigenvalue weighted by atomic mass is 10.1. The fourth-order valence-electron chi connectivity index (χ4n) is 3.41. The van der Waals surface area contributed by atoms with Crippen LogP contribution in [0.15, 0.2) is 77.6 Å². The van der Waals surface area contributed by atoms with Crippen LogP contribution in [0.4, 0.5) is 11.5 Å². The van der Waals surface area contributed by atoms with E-state index in [1.807, 2.05) is 73.6 Å². The van der Waals surface area contributed by atoms with E-state index >= 15 is 0 Å². The first-order chi connectivity index (χ1) is 14.9. The highest BCUT2D eigenvalue weighted by Gasteiger charge is 2.18. The number of nitrogens with zero attached hydrogens (tertiary/aromatic N) is 2. The Labute approximate surface area is 190 Å². The van der Waals surface area contributed by atoms with Crippen LogP contribution in [0, 0.1) is 0 Å². The highest BCUT2D eigenvalue weighted by Crippen LogP contribution is 2.32. The third-order valence-electron chi connectivity index (χ3n) is 5.03. The summed E-state index contributed by atoms with van der Waals surface area (Å²) in [7, 11) is 3.98. The van der Waals surface area contributed by atoms with Crippen molar-refractivity contribution in [2.75, 3.05) is 24.3 Å². The normalized spacial score (nSPS) is 10.8. The van der Waals surface area contributed by atoms with Crippen LogP contribution in [0.1, 0.15) is 5.56 Å². The number of aromatic amines is 1. The van der Waals surface area contributed by atoms with E-state index in [-0.39, 0.29) is 5.69 Å². The SMILES string of the molecule is CN(C)c1ccc(-c2c(NCc3ccccc3)[nH]c(=O)n2-c2ccc(Cl)c(Cl)c2)cc1. The topological polar surface area (TPSA) is 53.1 Å². The molecule has 3 aromatic carbocycles. The van der Waals surface area contributed by atoms with Crippen molar-refractivity contribution in [1.82, 2.24) is 9.55 Å². The number of anilines is 2. The van der Waals surface area contributed by atoms with Gasteiger partial charge in [0.25, 0.3) is 0 Å². The standard InChI is InChI=1S/C24H22Cl2N4O/c1-29(2)18-10-8-17(9-11-18)22-23(27-15-16-6-4-3-5-7-16)28-24(31)30(22)19-12-13-20(25)21(26)14-19/h3-14,27H,15H2,1-2H3,(H,28,31). The van der Waals surface area contributed by atoms with Crippen LogP contribution in [0.3, 0.4) is 0 Å². The van der Waals surface area contributed by atoms with Crippen LogP contribution in [-0.4, -0.2) is 23.6 Å². The van der Waals surface area contributed by atoms with Crippen LogP contribution < -0.4 is 15.9 Å². The van der Waals surface area contributed by atoms with Gasteiger partial charge in [0.1, 0.15) is 5.82 Å². The van der Waals surface area contributed by atoms with Crippen molar-refractivity contribution in [2.24, 2.45) is 0 Å². The molecule has 158 valence electrons. The molecule has 0 spiro atoms. The molecule has 4 rings (SSSR count). The smallest absolute Gasteiger partial charge is 0.332 e. The fourth-order valence-corrected chi connectivity index (χ4v) is 3.70. The molecule has 0 aliphatic rings. The van der Waals surface area contributed by atoms with Gasteiger partial charge in [0.15, 0.2) is 0 Å². The quantitative estimate of drug-likeness (QED) is 0.387. The van der Waals surface area contributed by atoms with E-state index in [1.54, 1.807) is 22.8 Å². The molecule has 5 nitrogen and oxygen atoms in total. The van der Waals surface area contributed by atoms with E-state index in [4.69, 9.17) is 23.2 Å². The third-order valence-corrected chi connectivity index (χ3v) is 5.77. The lowest BCUT2D eigenvalue weighted by molar-refractivity contribution is 0.992. The average Bonchev–Trinajstić information content (AvgIpc) is 3.11. The minimum atomic E-state index is -0.263. The van der Waals surface area contributed by atoms with Gasteiger partial charge in [-0.05, 0) is 35.9 Å². The van der Waals surface area contributed by atoms with Gasteiger partial charge in [-0.2, -0.15) is 0 Å². The monoisotopic (exact) mass is 452 g/mol. The molecule has 0 amide bonds. The first-order valence-electron chi connectivity index (χ1n) is 9.80. The summed E-state index contributed by atoms with van der Waals surface area (Å²) in [6.07, 6.45) is 0. The van der Waals surface area contributed by atoms with Crippen molar-refractivity contribution in [3.8, 4) is 16.9 Å². The number of aromatic nitrogens is 2. The lowest BCUT2D eigenvalue weighted by Gasteiger charge is -2.15. The number of halogens is 2. The van der Waals surface area contributed by atoms with E-state index in [0.29, 0.717) is 28.1 Å². The van der Waals surface area contributed by atoms with Gasteiger partial charge in [-0.1, -0.05) is 65.7 Å². The summed E-state index contributed by atoms with van der Waals surface area (Å²) >= 11 is 12.3. The minimum absolute atomic E-state index is 0.263. The molecule has 0 saturated carbocycles. The molecule has 0 atom stereocenters. The number of imidazole rings is 1. The van der Waals surface area contributed by atoms with Crippen molar-refractivity contribution in [1.29, 1.82) is 0 Å². The molecule has 2 N–H and O–H groups in total. The number of rotatable bonds is 6. The Hall–Kier alpha value is -3.15. The minimum Gasteiger partial charge on any atom is -0.378 e. The number of benzene rings is 3. The van der Waals surface area contributed by atoms with Gasteiger partial charge < -0.3 is 10.2 Å². The summed E-state index contributed by atoms with van der Waals surface area (Å²) in [5.41, 5.74) is 4.17. The Kier molecular flexibility index (Phi) is 6.07. The molecule has 4 aromatic rings. The van der Waals surface area contributed by atoms with Gasteiger partial charge in [-0.15, -0.1) is 0 Å². The van der Waals surface area contributed by atoms with Crippen molar-refractivity contribution in [3.05, 3.63) is 98.9 Å². The molecule has 31 heavy (non-hydrogen) atoms. The largest absolute Gasteiger partial charge is 0.378 e. The maximum Gasteiger partial charge on any atom is 0.332 e. The summed E-state index contributed by atoms with van der Waals surface area (Å²) in [6.45, 7) is 0.574. The zero-order valence-corrected chi connectivity index (χ0v) is 18.7. The highest BCUT2D eigenvalue weighted by atomic mass is 35.5. The van der Waals surface area contributed by atoms with Crippen molar-refractivity contribution < 1.29 is 0 Å². The fraction of sp³-hybridized carbons (Fsp3) is 0.125. The second kappa shape index (κ2) is 8.92. The second-order valence-corrected chi connectivity index (χ2v) is 8.18. The van der Waals surface area contributed by atoms with Crippen LogP contribution in [-0.2, 0) is 6.54 Å². The molecule has 1 aromatic heterocycles. The number of hydrogen-bond acceptors (Lipinski definition) is 3. The van der Waals surface area contributed by atoms with Gasteiger partial charge in [0.05, 0.1) is 21.4 Å². The van der Waals surface area contributed by atoms with Crippen molar-refractivity contribution in [3.63, 3.8) is 0 Å². The molecule has 0 radical (unpaired) electrons. The Morgan fingerprint density at radius 3 is 2.29 bits per heavy atom. The summed E-state index contributed by atoms with van der Waals surface area (Å²) in [5, 5.41) is 4.20. The first-order valence-corrected chi connectivity index (χ1v) is 10.6. The maximum atomic E-state index is 13.0. The molecule has 0 saturated heterocycles. The molecule has 0 fully saturated rings. The van der Waals surface area contributed by atoms with Gasteiger partial charge in [0.2, 0.25) is 0 Å². The van der Waals surface area contributed by atoms with Crippen molar-refractivity contribution >= 4 is 34.7 Å². The molecule has 7 heteroatoms. The zero-order chi connectivity index (χ0) is 22.0.